The molecular weight excluding hydrogens is 228 g/mol. The minimum absolute atomic E-state index is 0.236. The van der Waals surface area contributed by atoms with Crippen LogP contribution in [-0.2, 0) is 16.6 Å². The first kappa shape index (κ1) is 13.0. The van der Waals surface area contributed by atoms with Gasteiger partial charge < -0.3 is 5.11 Å². The third-order valence-electron chi connectivity index (χ3n) is 2.14. The molecule has 6 heteroatoms. The average Bonchev–Trinajstić information content (AvgIpc) is 2.27. The van der Waals surface area contributed by atoms with Crippen molar-refractivity contribution in [1.29, 1.82) is 0 Å². The number of phenols is 1. The molecule has 0 saturated carbocycles. The van der Waals surface area contributed by atoms with Crippen molar-refractivity contribution in [2.24, 2.45) is 0 Å². The van der Waals surface area contributed by atoms with Crippen molar-refractivity contribution in [2.45, 2.75) is 12.8 Å². The summed E-state index contributed by atoms with van der Waals surface area (Å²) >= 11 is 0. The van der Waals surface area contributed by atoms with E-state index in [-0.39, 0.29) is 5.75 Å². The van der Waals surface area contributed by atoms with E-state index in [4.69, 9.17) is 5.11 Å². The van der Waals surface area contributed by atoms with Crippen molar-refractivity contribution in [3.8, 4) is 5.75 Å². The highest BCUT2D eigenvalue weighted by atomic mass is 32.2. The SMILES string of the molecule is CNS(=O)(=O)NCCCc1ccc(O)cc1. The van der Waals surface area contributed by atoms with Gasteiger partial charge in [0.15, 0.2) is 0 Å². The van der Waals surface area contributed by atoms with Gasteiger partial charge in [-0.05, 0) is 30.5 Å². The fourth-order valence-electron chi connectivity index (χ4n) is 1.23. The monoisotopic (exact) mass is 244 g/mol. The first-order valence-corrected chi connectivity index (χ1v) is 6.48. The van der Waals surface area contributed by atoms with Gasteiger partial charge in [-0.1, -0.05) is 12.1 Å². The van der Waals surface area contributed by atoms with E-state index in [2.05, 4.69) is 9.44 Å². The summed E-state index contributed by atoms with van der Waals surface area (Å²) in [7, 11) is -1.96. The van der Waals surface area contributed by atoms with Gasteiger partial charge in [0.25, 0.3) is 10.2 Å². The summed E-state index contributed by atoms with van der Waals surface area (Å²) in [6, 6.07) is 6.88. The molecule has 1 aromatic rings. The Morgan fingerprint density at radius 2 is 1.88 bits per heavy atom. The Hall–Kier alpha value is -1.11. The molecule has 0 radical (unpaired) electrons. The molecule has 3 N–H and O–H groups in total. The smallest absolute Gasteiger partial charge is 0.276 e. The highest BCUT2D eigenvalue weighted by molar-refractivity contribution is 7.87. The van der Waals surface area contributed by atoms with Crippen LogP contribution in [0.3, 0.4) is 0 Å². The first-order chi connectivity index (χ1) is 7.53. The van der Waals surface area contributed by atoms with E-state index in [1.165, 1.54) is 7.05 Å². The highest BCUT2D eigenvalue weighted by Gasteiger charge is 2.03. The van der Waals surface area contributed by atoms with Crippen LogP contribution in [0.2, 0.25) is 0 Å². The molecule has 0 aliphatic heterocycles. The van der Waals surface area contributed by atoms with Gasteiger partial charge in [0, 0.05) is 13.6 Å². The van der Waals surface area contributed by atoms with Crippen LogP contribution in [-0.4, -0.2) is 27.1 Å². The van der Waals surface area contributed by atoms with Crippen LogP contribution in [0.4, 0.5) is 0 Å². The molecule has 0 aliphatic carbocycles. The van der Waals surface area contributed by atoms with Gasteiger partial charge in [0.2, 0.25) is 0 Å². The molecule has 16 heavy (non-hydrogen) atoms. The quantitative estimate of drug-likeness (QED) is 0.633. The van der Waals surface area contributed by atoms with Crippen molar-refractivity contribution >= 4 is 10.2 Å². The van der Waals surface area contributed by atoms with Gasteiger partial charge in [-0.15, -0.1) is 0 Å². The molecule has 0 heterocycles. The second-order valence-corrected chi connectivity index (χ2v) is 5.08. The number of aromatic hydroxyl groups is 1. The molecule has 90 valence electrons. The second-order valence-electron chi connectivity index (χ2n) is 3.37. The summed E-state index contributed by atoms with van der Waals surface area (Å²) in [5.41, 5.74) is 1.07. The molecule has 0 spiro atoms. The van der Waals surface area contributed by atoms with Gasteiger partial charge in [0.1, 0.15) is 5.75 Å². The minimum atomic E-state index is -3.32. The highest BCUT2D eigenvalue weighted by Crippen LogP contribution is 2.10. The zero-order valence-electron chi connectivity index (χ0n) is 9.10. The number of hydrogen-bond acceptors (Lipinski definition) is 3. The van der Waals surface area contributed by atoms with E-state index in [1.54, 1.807) is 12.1 Å². The second kappa shape index (κ2) is 5.83. The number of hydrogen-bond donors (Lipinski definition) is 3. The average molecular weight is 244 g/mol. The van der Waals surface area contributed by atoms with E-state index >= 15 is 0 Å². The minimum Gasteiger partial charge on any atom is -0.508 e. The van der Waals surface area contributed by atoms with Crippen molar-refractivity contribution in [3.63, 3.8) is 0 Å². The number of benzene rings is 1. The van der Waals surface area contributed by atoms with Gasteiger partial charge in [0.05, 0.1) is 0 Å². The molecule has 1 rings (SSSR count). The van der Waals surface area contributed by atoms with E-state index in [1.807, 2.05) is 12.1 Å². The van der Waals surface area contributed by atoms with E-state index < -0.39 is 10.2 Å². The van der Waals surface area contributed by atoms with Crippen LogP contribution < -0.4 is 9.44 Å². The van der Waals surface area contributed by atoms with Crippen LogP contribution >= 0.6 is 0 Å². The third-order valence-corrected chi connectivity index (χ3v) is 3.26. The normalized spacial score (nSPS) is 11.6. The molecule has 0 fully saturated rings. The molecular formula is C10H16N2O3S. The van der Waals surface area contributed by atoms with Crippen LogP contribution in [0.15, 0.2) is 24.3 Å². The van der Waals surface area contributed by atoms with Gasteiger partial charge in [-0.2, -0.15) is 8.42 Å². The number of aryl methyl sites for hydroxylation is 1. The van der Waals surface area contributed by atoms with Crippen molar-refractivity contribution < 1.29 is 13.5 Å². The number of nitrogens with one attached hydrogen (secondary N) is 2. The fraction of sp³-hybridized carbons (Fsp3) is 0.400. The Bertz CT molecular complexity index is 414. The molecule has 0 amide bonds. The summed E-state index contributed by atoms with van der Waals surface area (Å²) in [6.07, 6.45) is 1.48. The Morgan fingerprint density at radius 3 is 2.44 bits per heavy atom. The summed E-state index contributed by atoms with van der Waals surface area (Å²) in [5, 5.41) is 9.07. The Morgan fingerprint density at radius 1 is 1.25 bits per heavy atom. The molecule has 1 aromatic carbocycles. The summed E-state index contributed by atoms with van der Waals surface area (Å²) in [4.78, 5) is 0. The first-order valence-electron chi connectivity index (χ1n) is 4.99. The molecule has 0 aliphatic rings. The van der Waals surface area contributed by atoms with Gasteiger partial charge >= 0.3 is 0 Å². The third kappa shape index (κ3) is 4.61. The van der Waals surface area contributed by atoms with Crippen LogP contribution in [0.5, 0.6) is 5.75 Å². The van der Waals surface area contributed by atoms with E-state index in [9.17, 15) is 8.42 Å². The molecule has 5 nitrogen and oxygen atoms in total. The summed E-state index contributed by atoms with van der Waals surface area (Å²) in [5.74, 6) is 0.236. The predicted octanol–water partition coefficient (Wildman–Crippen LogP) is 0.379. The molecule has 0 unspecified atom stereocenters. The van der Waals surface area contributed by atoms with Crippen LogP contribution in [0.25, 0.3) is 0 Å². The zero-order chi connectivity index (χ0) is 12.0. The maximum Gasteiger partial charge on any atom is 0.276 e. The summed E-state index contributed by atoms with van der Waals surface area (Å²) in [6.45, 7) is 0.393. The lowest BCUT2D eigenvalue weighted by Crippen LogP contribution is -2.34. The Balaban J connectivity index is 2.29. The van der Waals surface area contributed by atoms with Gasteiger partial charge in [-0.3, -0.25) is 0 Å². The predicted molar refractivity (Wildman–Crippen MR) is 62.4 cm³/mol. The van der Waals surface area contributed by atoms with E-state index in [0.29, 0.717) is 13.0 Å². The lowest BCUT2D eigenvalue weighted by atomic mass is 10.1. The van der Waals surface area contributed by atoms with E-state index in [0.717, 1.165) is 12.0 Å². The Kier molecular flexibility index (Phi) is 4.72. The molecule has 0 aromatic heterocycles. The zero-order valence-corrected chi connectivity index (χ0v) is 9.92. The molecule has 0 bridgehead atoms. The molecule has 0 atom stereocenters. The topological polar surface area (TPSA) is 78.4 Å². The maximum atomic E-state index is 11.0. The van der Waals surface area contributed by atoms with Crippen LogP contribution in [0, 0.1) is 0 Å². The standard InChI is InChI=1S/C10H16N2O3S/c1-11-16(14,15)12-8-2-3-9-4-6-10(13)7-5-9/h4-7,11-13H,2-3,8H2,1H3. The molecule has 0 saturated heterocycles. The largest absolute Gasteiger partial charge is 0.508 e. The van der Waals surface area contributed by atoms with Gasteiger partial charge in [-0.25, -0.2) is 9.44 Å². The summed E-state index contributed by atoms with van der Waals surface area (Å²) < 4.78 is 26.6. The number of rotatable bonds is 6. The lowest BCUT2D eigenvalue weighted by molar-refractivity contribution is 0.475. The fourth-order valence-corrected chi connectivity index (χ4v) is 1.79. The van der Waals surface area contributed by atoms with Crippen LogP contribution in [0.1, 0.15) is 12.0 Å². The van der Waals surface area contributed by atoms with Crippen molar-refractivity contribution in [1.82, 2.24) is 9.44 Å². The van der Waals surface area contributed by atoms with Crippen molar-refractivity contribution in [3.05, 3.63) is 29.8 Å². The maximum absolute atomic E-state index is 11.0. The lowest BCUT2D eigenvalue weighted by Gasteiger charge is -2.05. The van der Waals surface area contributed by atoms with Crippen molar-refractivity contribution in [2.75, 3.05) is 13.6 Å². The number of phenolic OH excluding ortho intramolecular Hbond substituents is 1. The Labute approximate surface area is 95.7 Å².